The molecule has 1 aromatic rings. The Morgan fingerprint density at radius 1 is 1.37 bits per heavy atom. The summed E-state index contributed by atoms with van der Waals surface area (Å²) in [4.78, 5) is 0. The van der Waals surface area contributed by atoms with Gasteiger partial charge in [0, 0.05) is 22.5 Å². The number of benzene rings is 1. The summed E-state index contributed by atoms with van der Waals surface area (Å²) in [5.41, 5.74) is 7.53. The van der Waals surface area contributed by atoms with Crippen LogP contribution in [-0.2, 0) is 0 Å². The molecule has 2 nitrogen and oxygen atoms in total. The van der Waals surface area contributed by atoms with Crippen molar-refractivity contribution in [3.05, 3.63) is 28.2 Å². The number of ether oxygens (including phenoxy) is 1. The third-order valence-corrected chi connectivity index (χ3v) is 5.38. The maximum Gasteiger partial charge on any atom is 0.126 e. The van der Waals surface area contributed by atoms with E-state index in [1.54, 1.807) is 0 Å². The summed E-state index contributed by atoms with van der Waals surface area (Å²) in [6.07, 6.45) is 7.15. The van der Waals surface area contributed by atoms with Crippen molar-refractivity contribution in [2.24, 2.45) is 11.7 Å². The number of fused-ring (bicyclic) bond motifs is 1. The Hall–Kier alpha value is -0.540. The first-order valence-electron chi connectivity index (χ1n) is 7.36. The molecule has 1 heterocycles. The smallest absolute Gasteiger partial charge is 0.126 e. The molecule has 1 fully saturated rings. The first-order valence-corrected chi connectivity index (χ1v) is 8.15. The van der Waals surface area contributed by atoms with Gasteiger partial charge in [0.15, 0.2) is 0 Å². The van der Waals surface area contributed by atoms with Crippen LogP contribution in [0.2, 0.25) is 0 Å². The Morgan fingerprint density at radius 2 is 2.11 bits per heavy atom. The molecule has 2 aliphatic rings. The minimum atomic E-state index is -0.00111. The normalized spacial score (nSPS) is 33.8. The molecule has 19 heavy (non-hydrogen) atoms. The maximum atomic E-state index is 6.39. The number of halogens is 1. The first kappa shape index (κ1) is 13.4. The summed E-state index contributed by atoms with van der Waals surface area (Å²) < 4.78 is 7.46. The molecule has 2 N–H and O–H groups in total. The van der Waals surface area contributed by atoms with Gasteiger partial charge in [-0.15, -0.1) is 0 Å². The molecule has 0 amide bonds. The quantitative estimate of drug-likeness (QED) is 0.821. The van der Waals surface area contributed by atoms with Crippen molar-refractivity contribution in [3.63, 3.8) is 0 Å². The SMILES string of the molecule is CCC1CCC2(CC1)C[C@H](N)c1ccc(Br)cc1O2. The molecule has 0 unspecified atom stereocenters. The molecule has 3 rings (SSSR count). The summed E-state index contributed by atoms with van der Waals surface area (Å²) in [7, 11) is 0. The molecule has 1 aliphatic carbocycles. The molecule has 1 atom stereocenters. The van der Waals surface area contributed by atoms with Crippen LogP contribution in [-0.4, -0.2) is 5.60 Å². The highest BCUT2D eigenvalue weighted by atomic mass is 79.9. The van der Waals surface area contributed by atoms with E-state index in [1.165, 1.54) is 19.3 Å². The molecular weight excluding hydrogens is 302 g/mol. The van der Waals surface area contributed by atoms with Gasteiger partial charge in [0.05, 0.1) is 0 Å². The fourth-order valence-corrected chi connectivity index (χ4v) is 3.95. The van der Waals surface area contributed by atoms with Gasteiger partial charge in [-0.05, 0) is 43.7 Å². The lowest BCUT2D eigenvalue weighted by Gasteiger charge is -2.45. The predicted octanol–water partition coefficient (Wildman–Crippen LogP) is 4.57. The topological polar surface area (TPSA) is 35.2 Å². The summed E-state index contributed by atoms with van der Waals surface area (Å²) in [6.45, 7) is 2.29. The Bertz CT molecular complexity index is 466. The summed E-state index contributed by atoms with van der Waals surface area (Å²) in [5, 5.41) is 0. The van der Waals surface area contributed by atoms with Crippen molar-refractivity contribution in [2.75, 3.05) is 0 Å². The van der Waals surface area contributed by atoms with E-state index in [9.17, 15) is 0 Å². The van der Waals surface area contributed by atoms with Gasteiger partial charge in [-0.25, -0.2) is 0 Å². The monoisotopic (exact) mass is 323 g/mol. The Balaban J connectivity index is 1.84. The fraction of sp³-hybridized carbons (Fsp3) is 0.625. The predicted molar refractivity (Wildman–Crippen MR) is 81.3 cm³/mol. The molecule has 0 saturated heterocycles. The average molecular weight is 324 g/mol. The van der Waals surface area contributed by atoms with Crippen LogP contribution in [0.25, 0.3) is 0 Å². The first-order chi connectivity index (χ1) is 9.12. The van der Waals surface area contributed by atoms with Crippen LogP contribution >= 0.6 is 15.9 Å². The van der Waals surface area contributed by atoms with E-state index >= 15 is 0 Å². The van der Waals surface area contributed by atoms with Gasteiger partial charge in [0.2, 0.25) is 0 Å². The van der Waals surface area contributed by atoms with E-state index < -0.39 is 0 Å². The summed E-state index contributed by atoms with van der Waals surface area (Å²) in [6, 6.07) is 6.33. The van der Waals surface area contributed by atoms with E-state index in [4.69, 9.17) is 10.5 Å². The molecular formula is C16H22BrNO. The van der Waals surface area contributed by atoms with Crippen molar-refractivity contribution in [2.45, 2.75) is 57.1 Å². The second-order valence-corrected chi connectivity index (χ2v) is 7.05. The summed E-state index contributed by atoms with van der Waals surface area (Å²) in [5.74, 6) is 1.87. The Labute approximate surface area is 123 Å². The fourth-order valence-electron chi connectivity index (χ4n) is 3.61. The molecule has 1 aromatic carbocycles. The highest BCUT2D eigenvalue weighted by Gasteiger charge is 2.42. The zero-order valence-electron chi connectivity index (χ0n) is 11.5. The van der Waals surface area contributed by atoms with Gasteiger partial charge in [0.1, 0.15) is 11.4 Å². The van der Waals surface area contributed by atoms with Crippen LogP contribution in [0.4, 0.5) is 0 Å². The lowest BCUT2D eigenvalue weighted by molar-refractivity contribution is -0.0110. The van der Waals surface area contributed by atoms with E-state index in [2.05, 4.69) is 35.0 Å². The van der Waals surface area contributed by atoms with Crippen molar-refractivity contribution in [1.82, 2.24) is 0 Å². The van der Waals surface area contributed by atoms with Crippen LogP contribution in [0, 0.1) is 5.92 Å². The zero-order chi connectivity index (χ0) is 13.5. The van der Waals surface area contributed by atoms with Gasteiger partial charge in [-0.3, -0.25) is 0 Å². The second kappa shape index (κ2) is 5.10. The Morgan fingerprint density at radius 3 is 2.79 bits per heavy atom. The lowest BCUT2D eigenvalue weighted by Crippen LogP contribution is -2.45. The number of rotatable bonds is 1. The van der Waals surface area contributed by atoms with Gasteiger partial charge >= 0.3 is 0 Å². The standard InChI is InChI=1S/C16H22BrNO/c1-2-11-5-7-16(8-6-11)10-14(18)13-4-3-12(17)9-15(13)19-16/h3-4,9,11,14H,2,5-8,10,18H2,1H3/t11?,14-,16?/m0/s1. The summed E-state index contributed by atoms with van der Waals surface area (Å²) >= 11 is 3.52. The van der Waals surface area contributed by atoms with Crippen molar-refractivity contribution in [1.29, 1.82) is 0 Å². The molecule has 1 saturated carbocycles. The minimum absolute atomic E-state index is 0.00111. The average Bonchev–Trinajstić information content (AvgIpc) is 2.39. The van der Waals surface area contributed by atoms with E-state index in [-0.39, 0.29) is 11.6 Å². The molecule has 1 spiro atoms. The third kappa shape index (κ3) is 2.55. The van der Waals surface area contributed by atoms with Gasteiger partial charge in [-0.2, -0.15) is 0 Å². The number of hydrogen-bond donors (Lipinski definition) is 1. The third-order valence-electron chi connectivity index (χ3n) is 4.89. The Kier molecular flexibility index (Phi) is 3.61. The molecule has 0 aromatic heterocycles. The maximum absolute atomic E-state index is 6.39. The van der Waals surface area contributed by atoms with Crippen LogP contribution < -0.4 is 10.5 Å². The van der Waals surface area contributed by atoms with Crippen LogP contribution in [0.5, 0.6) is 5.75 Å². The van der Waals surface area contributed by atoms with Gasteiger partial charge < -0.3 is 10.5 Å². The van der Waals surface area contributed by atoms with Crippen LogP contribution in [0.3, 0.4) is 0 Å². The van der Waals surface area contributed by atoms with E-state index in [1.807, 2.05) is 6.07 Å². The van der Waals surface area contributed by atoms with Gasteiger partial charge in [-0.1, -0.05) is 35.3 Å². The van der Waals surface area contributed by atoms with Crippen LogP contribution in [0.1, 0.15) is 57.1 Å². The van der Waals surface area contributed by atoms with Crippen molar-refractivity contribution >= 4 is 15.9 Å². The van der Waals surface area contributed by atoms with Crippen molar-refractivity contribution in [3.8, 4) is 5.75 Å². The lowest BCUT2D eigenvalue weighted by atomic mass is 9.73. The number of hydrogen-bond acceptors (Lipinski definition) is 2. The zero-order valence-corrected chi connectivity index (χ0v) is 13.1. The van der Waals surface area contributed by atoms with Crippen LogP contribution in [0.15, 0.2) is 22.7 Å². The van der Waals surface area contributed by atoms with Gasteiger partial charge in [0.25, 0.3) is 0 Å². The molecule has 104 valence electrons. The second-order valence-electron chi connectivity index (χ2n) is 6.13. The van der Waals surface area contributed by atoms with E-state index in [0.717, 1.165) is 41.0 Å². The van der Waals surface area contributed by atoms with Crippen molar-refractivity contribution < 1.29 is 4.74 Å². The molecule has 0 radical (unpaired) electrons. The number of nitrogens with two attached hydrogens (primary N) is 1. The van der Waals surface area contributed by atoms with E-state index in [0.29, 0.717) is 0 Å². The molecule has 1 aliphatic heterocycles. The molecule has 0 bridgehead atoms. The largest absolute Gasteiger partial charge is 0.487 e. The highest BCUT2D eigenvalue weighted by Crippen LogP contribution is 2.47. The highest BCUT2D eigenvalue weighted by molar-refractivity contribution is 9.10. The molecule has 3 heteroatoms. The minimum Gasteiger partial charge on any atom is -0.487 e.